The lowest BCUT2D eigenvalue weighted by atomic mass is 9.50. The van der Waals surface area contributed by atoms with Crippen molar-refractivity contribution in [3.63, 3.8) is 0 Å². The molecule has 1 amide bonds. The number of carbonyl (C=O) groups is 5. The predicted molar refractivity (Wildman–Crippen MR) is 232 cm³/mol. The van der Waals surface area contributed by atoms with E-state index in [9.17, 15) is 39.3 Å². The highest BCUT2D eigenvalue weighted by molar-refractivity contribution is 5.92. The molecule has 3 fully saturated rings. The summed E-state index contributed by atoms with van der Waals surface area (Å²) in [7, 11) is 0. The van der Waals surface area contributed by atoms with Crippen LogP contribution < -0.4 is 5.32 Å². The molecule has 0 aliphatic heterocycles. The van der Waals surface area contributed by atoms with E-state index in [4.69, 9.17) is 14.2 Å². The standard InChI is InChI=1S/C50H67NO11/c1-5-51-45(56)16-12-7-6-11-15-37-38(43(54)30-42(37)53)22-20-36(19-17-33-13-9-8-10-14-33)62-47(58)61-32(2)46(57)60-31-44(55)50(59)28-25-41-39-21-18-34-29-35(52)23-26-48(34,3)40(39)24-27-49(41,50)4/h6,8-11,13-14,20,22,24,29,32,36-39,41-43,53-54,59H,5,7,12,15-19,21,23,25-28,30-31H2,1-4H3,(H,51,56)/b11-6-,22-20+/t32-,36+,37-,38-,39-,41+,42+,43-,48+,49+,50+/m1/s1. The van der Waals surface area contributed by atoms with Gasteiger partial charge in [-0.3, -0.25) is 14.4 Å². The first-order chi connectivity index (χ1) is 29.6. The summed E-state index contributed by atoms with van der Waals surface area (Å²) in [6, 6.07) is 9.66. The van der Waals surface area contributed by atoms with E-state index in [0.29, 0.717) is 64.3 Å². The minimum Gasteiger partial charge on any atom is -0.455 e. The molecule has 0 bridgehead atoms. The van der Waals surface area contributed by atoms with Gasteiger partial charge in [0.1, 0.15) is 11.7 Å². The molecule has 0 unspecified atom stereocenters. The monoisotopic (exact) mass is 857 g/mol. The molecule has 0 radical (unpaired) electrons. The molecular weight excluding hydrogens is 791 g/mol. The molecule has 5 aliphatic rings. The molecule has 0 aromatic heterocycles. The molecule has 1 aromatic rings. The zero-order valence-corrected chi connectivity index (χ0v) is 36.9. The lowest BCUT2D eigenvalue weighted by Crippen LogP contribution is -2.55. The van der Waals surface area contributed by atoms with Gasteiger partial charge >= 0.3 is 12.1 Å². The van der Waals surface area contributed by atoms with Crippen molar-refractivity contribution in [1.29, 1.82) is 0 Å². The number of rotatable bonds is 18. The van der Waals surface area contributed by atoms with Gasteiger partial charge in [0.15, 0.2) is 18.5 Å². The van der Waals surface area contributed by atoms with Gasteiger partial charge in [0, 0.05) is 42.6 Å². The van der Waals surface area contributed by atoms with Crippen LogP contribution in [0.3, 0.4) is 0 Å². The highest BCUT2D eigenvalue weighted by atomic mass is 16.7. The Kier molecular flexibility index (Phi) is 15.5. The number of Topliss-reactive ketones (excluding diaryl/α,β-unsaturated/α-hetero) is 1. The second-order valence-electron chi connectivity index (χ2n) is 18.7. The Morgan fingerprint density at radius 3 is 2.53 bits per heavy atom. The molecule has 0 saturated heterocycles. The van der Waals surface area contributed by atoms with Crippen LogP contribution in [0.2, 0.25) is 0 Å². The summed E-state index contributed by atoms with van der Waals surface area (Å²) in [5.74, 6) is -1.75. The molecule has 62 heavy (non-hydrogen) atoms. The summed E-state index contributed by atoms with van der Waals surface area (Å²) < 4.78 is 16.4. The summed E-state index contributed by atoms with van der Waals surface area (Å²) in [5.41, 5.74) is 0.912. The minimum atomic E-state index is -1.70. The van der Waals surface area contributed by atoms with Gasteiger partial charge in [0.25, 0.3) is 0 Å². The zero-order chi connectivity index (χ0) is 44.7. The maximum atomic E-state index is 13.8. The highest BCUT2D eigenvalue weighted by Crippen LogP contribution is 2.65. The lowest BCUT2D eigenvalue weighted by Gasteiger charge is -2.54. The number of aliphatic hydroxyl groups excluding tert-OH is 2. The van der Waals surface area contributed by atoms with Crippen LogP contribution in [-0.2, 0) is 39.8 Å². The van der Waals surface area contributed by atoms with E-state index in [0.717, 1.165) is 24.8 Å². The smallest absolute Gasteiger partial charge is 0.455 e. The van der Waals surface area contributed by atoms with Gasteiger partial charge in [-0.05, 0) is 120 Å². The van der Waals surface area contributed by atoms with Crippen LogP contribution in [0.4, 0.5) is 4.79 Å². The molecule has 12 heteroatoms. The average molecular weight is 858 g/mol. The molecule has 0 spiro atoms. The minimum absolute atomic E-state index is 0.0178. The van der Waals surface area contributed by atoms with E-state index in [2.05, 4.69) is 18.3 Å². The SMILES string of the molecule is CCNC(=O)CCC/C=C\C[C@@H]1[C@@H](/C=C/[C@H](CCc2ccccc2)OC(=O)O[C@H](C)C(=O)OCC(=O)[C@@]2(O)CC[C@H]3[C@@H]4CCC5=CC(=O)CC[C@]5(C)C4=CC[C@@]32C)[C@H](O)C[C@@H]1O. The molecule has 5 aliphatic carbocycles. The number of aryl methyl sites for hydroxylation is 1. The molecule has 1 aromatic carbocycles. The molecule has 11 atom stereocenters. The topological polar surface area (TPSA) is 186 Å². The van der Waals surface area contributed by atoms with Crippen molar-refractivity contribution in [3.05, 3.63) is 83.5 Å². The number of nitrogens with one attached hydrogen (secondary N) is 1. The fourth-order valence-corrected chi connectivity index (χ4v) is 11.2. The van der Waals surface area contributed by atoms with Crippen molar-refractivity contribution in [2.75, 3.05) is 13.2 Å². The van der Waals surface area contributed by atoms with Crippen molar-refractivity contribution < 1.29 is 53.5 Å². The Morgan fingerprint density at radius 2 is 1.77 bits per heavy atom. The molecule has 3 saturated carbocycles. The van der Waals surface area contributed by atoms with Gasteiger partial charge in [0.05, 0.1) is 12.2 Å². The van der Waals surface area contributed by atoms with Crippen molar-refractivity contribution in [1.82, 2.24) is 5.32 Å². The number of fused-ring (bicyclic) bond motifs is 5. The number of esters is 1. The van der Waals surface area contributed by atoms with Crippen molar-refractivity contribution in [3.8, 4) is 0 Å². The van der Waals surface area contributed by atoms with Crippen LogP contribution in [0.15, 0.2) is 77.9 Å². The third-order valence-corrected chi connectivity index (χ3v) is 14.9. The summed E-state index contributed by atoms with van der Waals surface area (Å²) >= 11 is 0. The van der Waals surface area contributed by atoms with E-state index in [-0.39, 0.29) is 47.7 Å². The fraction of sp³-hybridized carbons (Fsp3) is 0.620. The van der Waals surface area contributed by atoms with E-state index in [1.165, 1.54) is 18.1 Å². The number of benzene rings is 1. The van der Waals surface area contributed by atoms with E-state index < -0.39 is 65.9 Å². The van der Waals surface area contributed by atoms with Gasteiger partial charge in [-0.25, -0.2) is 9.59 Å². The van der Waals surface area contributed by atoms with E-state index >= 15 is 0 Å². The van der Waals surface area contributed by atoms with Crippen LogP contribution in [-0.4, -0.2) is 88.1 Å². The molecular formula is C50H67NO11. The highest BCUT2D eigenvalue weighted by Gasteiger charge is 2.64. The van der Waals surface area contributed by atoms with Crippen LogP contribution >= 0.6 is 0 Å². The number of unbranched alkanes of at least 4 members (excludes halogenated alkanes) is 1. The summed E-state index contributed by atoms with van der Waals surface area (Å²) in [4.78, 5) is 64.1. The Morgan fingerprint density at radius 1 is 1.00 bits per heavy atom. The third kappa shape index (κ3) is 10.3. The first-order valence-corrected chi connectivity index (χ1v) is 22.8. The van der Waals surface area contributed by atoms with Gasteiger partial charge in [-0.1, -0.05) is 79.6 Å². The van der Waals surface area contributed by atoms with Gasteiger partial charge in [-0.2, -0.15) is 0 Å². The van der Waals surface area contributed by atoms with Crippen molar-refractivity contribution >= 4 is 29.6 Å². The fourth-order valence-electron chi connectivity index (χ4n) is 11.2. The third-order valence-electron chi connectivity index (χ3n) is 14.9. The zero-order valence-electron chi connectivity index (χ0n) is 36.9. The summed E-state index contributed by atoms with van der Waals surface area (Å²) in [6.45, 7) is 7.33. The van der Waals surface area contributed by atoms with Crippen LogP contribution in [0.5, 0.6) is 0 Å². The van der Waals surface area contributed by atoms with Crippen molar-refractivity contribution in [2.45, 2.75) is 148 Å². The first-order valence-electron chi connectivity index (χ1n) is 22.8. The predicted octanol–water partition coefficient (Wildman–Crippen LogP) is 6.99. The molecule has 338 valence electrons. The quantitative estimate of drug-likeness (QED) is 0.0678. The molecule has 0 heterocycles. The van der Waals surface area contributed by atoms with Gasteiger partial charge in [0.2, 0.25) is 11.7 Å². The second-order valence-corrected chi connectivity index (χ2v) is 18.7. The second kappa shape index (κ2) is 20.4. The Hall–Kier alpha value is -4.39. The number of ketones is 2. The average Bonchev–Trinajstić information content (AvgIpc) is 3.68. The largest absolute Gasteiger partial charge is 0.509 e. The van der Waals surface area contributed by atoms with E-state index in [1.54, 1.807) is 12.2 Å². The number of carbonyl (C=O) groups excluding carboxylic acids is 5. The van der Waals surface area contributed by atoms with Gasteiger partial charge < -0.3 is 34.8 Å². The van der Waals surface area contributed by atoms with Crippen molar-refractivity contribution in [2.24, 2.45) is 34.5 Å². The van der Waals surface area contributed by atoms with E-state index in [1.807, 2.05) is 62.4 Å². The molecule has 4 N–H and O–H groups in total. The van der Waals surface area contributed by atoms with Gasteiger partial charge in [-0.15, -0.1) is 0 Å². The maximum absolute atomic E-state index is 13.8. The Balaban J connectivity index is 1.03. The number of ether oxygens (including phenoxy) is 3. The Bertz CT molecular complexity index is 1920. The number of hydrogen-bond acceptors (Lipinski definition) is 11. The lowest BCUT2D eigenvalue weighted by molar-refractivity contribution is -0.167. The number of amides is 1. The summed E-state index contributed by atoms with van der Waals surface area (Å²) in [6.07, 6.45) is 14.5. The maximum Gasteiger partial charge on any atom is 0.509 e. The number of aliphatic hydroxyl groups is 3. The molecule has 12 nitrogen and oxygen atoms in total. The van der Waals surface area contributed by atoms with Crippen LogP contribution in [0.25, 0.3) is 0 Å². The first kappa shape index (κ1) is 47.1. The summed E-state index contributed by atoms with van der Waals surface area (Å²) in [5, 5.41) is 36.6. The van der Waals surface area contributed by atoms with Crippen LogP contribution in [0.1, 0.15) is 117 Å². The number of hydrogen-bond donors (Lipinski definition) is 4. The normalized spacial score (nSPS) is 32.5. The number of allylic oxidation sites excluding steroid dienone is 6. The van der Waals surface area contributed by atoms with Crippen LogP contribution in [0, 0.1) is 34.5 Å². The molecule has 6 rings (SSSR count). The Labute approximate surface area is 366 Å².